The normalized spacial score (nSPS) is 31.6. The molecule has 1 heterocycles. The Bertz CT molecular complexity index is 833. The summed E-state index contributed by atoms with van der Waals surface area (Å²) in [5, 5.41) is 6.23. The van der Waals surface area contributed by atoms with Crippen LogP contribution >= 0.6 is 11.3 Å². The lowest BCUT2D eigenvalue weighted by atomic mass is 9.45. The first-order chi connectivity index (χ1) is 12.9. The summed E-state index contributed by atoms with van der Waals surface area (Å²) in [5.41, 5.74) is 4.58. The Hall–Kier alpha value is -1.19. The quantitative estimate of drug-likeness (QED) is 0.614. The second-order valence-corrected chi connectivity index (χ2v) is 10.7. The smallest absolute Gasteiger partial charge is 0.123 e. The van der Waals surface area contributed by atoms with E-state index in [1.807, 2.05) is 23.5 Å². The third kappa shape index (κ3) is 2.98. The minimum atomic E-state index is -0.156. The summed E-state index contributed by atoms with van der Waals surface area (Å²) < 4.78 is 13.3. The second kappa shape index (κ2) is 6.42. The Kier molecular flexibility index (Phi) is 4.25. The summed E-state index contributed by atoms with van der Waals surface area (Å²) in [4.78, 5) is 1.50. The largest absolute Gasteiger partial charge is 0.309 e. The summed E-state index contributed by atoms with van der Waals surface area (Å²) in [5.74, 6) is 3.11. The molecule has 4 aliphatic carbocycles. The van der Waals surface area contributed by atoms with Crippen molar-refractivity contribution >= 4 is 11.3 Å². The van der Waals surface area contributed by atoms with Gasteiger partial charge in [0.15, 0.2) is 0 Å². The van der Waals surface area contributed by atoms with Gasteiger partial charge in [-0.1, -0.05) is 32.9 Å². The van der Waals surface area contributed by atoms with E-state index >= 15 is 0 Å². The van der Waals surface area contributed by atoms with Crippen molar-refractivity contribution < 1.29 is 4.39 Å². The molecule has 27 heavy (non-hydrogen) atoms. The molecule has 0 aliphatic heterocycles. The van der Waals surface area contributed by atoms with Gasteiger partial charge < -0.3 is 5.32 Å². The number of hydrogen-bond donors (Lipinski definition) is 1. The summed E-state index contributed by atoms with van der Waals surface area (Å²) >= 11 is 1.89. The molecule has 2 bridgehead atoms. The van der Waals surface area contributed by atoms with E-state index in [-0.39, 0.29) is 5.82 Å². The van der Waals surface area contributed by atoms with Crippen molar-refractivity contribution in [1.29, 1.82) is 0 Å². The molecule has 0 amide bonds. The Morgan fingerprint density at radius 2 is 1.89 bits per heavy atom. The zero-order valence-electron chi connectivity index (χ0n) is 16.6. The molecule has 0 saturated heterocycles. The Morgan fingerprint density at radius 1 is 1.15 bits per heavy atom. The molecule has 1 aromatic carbocycles. The van der Waals surface area contributed by atoms with Gasteiger partial charge in [0.2, 0.25) is 0 Å². The number of halogens is 1. The Balaban J connectivity index is 1.34. The van der Waals surface area contributed by atoms with Gasteiger partial charge in [0.05, 0.1) is 0 Å². The average Bonchev–Trinajstić information content (AvgIpc) is 3.40. The highest BCUT2D eigenvalue weighted by Gasteiger charge is 2.56. The number of nitrogens with one attached hydrogen (secondary N) is 1. The molecule has 0 radical (unpaired) electrons. The van der Waals surface area contributed by atoms with Crippen molar-refractivity contribution in [3.05, 3.63) is 45.9 Å². The molecule has 0 unspecified atom stereocenters. The lowest BCUT2D eigenvalue weighted by Crippen LogP contribution is -2.59. The number of rotatable bonds is 5. The minimum absolute atomic E-state index is 0.156. The van der Waals surface area contributed by atoms with Crippen LogP contribution in [0.1, 0.15) is 62.8 Å². The number of hydrogen-bond acceptors (Lipinski definition) is 2. The molecular formula is C24H30FNS. The van der Waals surface area contributed by atoms with Crippen LogP contribution in [0.4, 0.5) is 4.39 Å². The monoisotopic (exact) mass is 383 g/mol. The van der Waals surface area contributed by atoms with Gasteiger partial charge in [0, 0.05) is 17.5 Å². The minimum Gasteiger partial charge on any atom is -0.309 e. The number of fused-ring (bicyclic) bond motifs is 2. The van der Waals surface area contributed by atoms with Crippen molar-refractivity contribution in [2.24, 2.45) is 23.2 Å². The summed E-state index contributed by atoms with van der Waals surface area (Å²) in [6.07, 6.45) is 5.37. The molecule has 6 rings (SSSR count). The standard InChI is InChI=1S/C24H30FNS/c1-14-20-10-17(24(20,2)3)11-21(14)26-12-22-23(16-4-5-16)19(13-27-22)15-6-8-18(25)9-7-15/h6-9,13-14,16-17,20-21,26H,4-5,10-12H2,1-3H3/t14-,17+,20-,21-/m1/s1. The van der Waals surface area contributed by atoms with E-state index in [9.17, 15) is 4.39 Å². The first-order valence-corrected chi connectivity index (χ1v) is 11.4. The van der Waals surface area contributed by atoms with E-state index in [1.54, 1.807) is 12.1 Å². The van der Waals surface area contributed by atoms with Crippen molar-refractivity contribution in [1.82, 2.24) is 5.32 Å². The van der Waals surface area contributed by atoms with E-state index in [1.165, 1.54) is 41.7 Å². The van der Waals surface area contributed by atoms with Crippen LogP contribution in [0, 0.1) is 29.0 Å². The van der Waals surface area contributed by atoms with Crippen molar-refractivity contribution in [2.75, 3.05) is 0 Å². The number of benzene rings is 1. The molecule has 1 nitrogen and oxygen atoms in total. The zero-order chi connectivity index (χ0) is 18.8. The maximum Gasteiger partial charge on any atom is 0.123 e. The van der Waals surface area contributed by atoms with Gasteiger partial charge in [-0.15, -0.1) is 11.3 Å². The molecule has 3 heteroatoms. The van der Waals surface area contributed by atoms with Gasteiger partial charge in [-0.3, -0.25) is 0 Å². The fraction of sp³-hybridized carbons (Fsp3) is 0.583. The lowest BCUT2D eigenvalue weighted by molar-refractivity contribution is -0.115. The second-order valence-electron chi connectivity index (χ2n) is 9.71. The first kappa shape index (κ1) is 17.9. The van der Waals surface area contributed by atoms with Gasteiger partial charge in [-0.25, -0.2) is 4.39 Å². The Labute approximate surface area is 166 Å². The van der Waals surface area contributed by atoms with Gasteiger partial charge >= 0.3 is 0 Å². The fourth-order valence-corrected chi connectivity index (χ4v) is 6.95. The third-order valence-corrected chi connectivity index (χ3v) is 8.93. The molecule has 1 aromatic heterocycles. The predicted molar refractivity (Wildman–Crippen MR) is 111 cm³/mol. The van der Waals surface area contributed by atoms with Crippen LogP contribution in [0.2, 0.25) is 0 Å². The Morgan fingerprint density at radius 3 is 2.52 bits per heavy atom. The van der Waals surface area contributed by atoms with Crippen molar-refractivity contribution in [3.8, 4) is 11.1 Å². The summed E-state index contributed by atoms with van der Waals surface area (Å²) in [7, 11) is 0. The summed E-state index contributed by atoms with van der Waals surface area (Å²) in [6, 6.07) is 7.68. The van der Waals surface area contributed by atoms with Gasteiger partial charge in [0.1, 0.15) is 5.82 Å². The molecular weight excluding hydrogens is 353 g/mol. The maximum atomic E-state index is 13.3. The average molecular weight is 384 g/mol. The molecule has 4 saturated carbocycles. The SMILES string of the molecule is C[C@@H]1[C@H]2C[C@@H](C[C@H]1NCc1scc(-c3ccc(F)cc3)c1C1CC1)C2(C)C. The lowest BCUT2D eigenvalue weighted by Gasteiger charge is -2.62. The third-order valence-electron chi connectivity index (χ3n) is 7.93. The molecule has 0 spiro atoms. The molecule has 144 valence electrons. The zero-order valence-corrected chi connectivity index (χ0v) is 17.4. The van der Waals surface area contributed by atoms with E-state index < -0.39 is 0 Å². The van der Waals surface area contributed by atoms with Crippen LogP contribution in [0.3, 0.4) is 0 Å². The fourth-order valence-electron chi connectivity index (χ4n) is 5.86. The van der Waals surface area contributed by atoms with Gasteiger partial charge in [0.25, 0.3) is 0 Å². The topological polar surface area (TPSA) is 12.0 Å². The van der Waals surface area contributed by atoms with Crippen LogP contribution in [-0.4, -0.2) is 6.04 Å². The van der Waals surface area contributed by atoms with Crippen molar-refractivity contribution in [2.45, 2.75) is 65.0 Å². The summed E-state index contributed by atoms with van der Waals surface area (Å²) in [6.45, 7) is 8.39. The van der Waals surface area contributed by atoms with Gasteiger partial charge in [-0.05, 0) is 89.0 Å². The van der Waals surface area contributed by atoms with E-state index in [0.29, 0.717) is 17.4 Å². The first-order valence-electron chi connectivity index (χ1n) is 10.5. The highest BCUT2D eigenvalue weighted by Crippen LogP contribution is 2.61. The number of thiophene rings is 1. The van der Waals surface area contributed by atoms with Crippen LogP contribution in [0.25, 0.3) is 11.1 Å². The molecule has 4 aliphatic rings. The van der Waals surface area contributed by atoms with Gasteiger partial charge in [-0.2, -0.15) is 0 Å². The van der Waals surface area contributed by atoms with E-state index in [4.69, 9.17) is 0 Å². The maximum absolute atomic E-state index is 13.3. The molecule has 4 atom stereocenters. The van der Waals surface area contributed by atoms with Crippen LogP contribution in [0.5, 0.6) is 0 Å². The predicted octanol–water partition coefficient (Wildman–Crippen LogP) is 6.59. The van der Waals surface area contributed by atoms with Crippen LogP contribution < -0.4 is 5.32 Å². The molecule has 4 fully saturated rings. The molecule has 2 aromatic rings. The highest BCUT2D eigenvalue weighted by molar-refractivity contribution is 7.10. The van der Waals surface area contributed by atoms with Crippen LogP contribution in [-0.2, 0) is 6.54 Å². The highest BCUT2D eigenvalue weighted by atomic mass is 32.1. The molecule has 1 N–H and O–H groups in total. The van der Waals surface area contributed by atoms with E-state index in [2.05, 4.69) is 31.5 Å². The van der Waals surface area contributed by atoms with Crippen LogP contribution in [0.15, 0.2) is 29.6 Å². The van der Waals surface area contributed by atoms with E-state index in [0.717, 1.165) is 29.9 Å². The van der Waals surface area contributed by atoms with Crippen molar-refractivity contribution in [3.63, 3.8) is 0 Å².